The van der Waals surface area contributed by atoms with Crippen molar-refractivity contribution in [1.29, 1.82) is 0 Å². The van der Waals surface area contributed by atoms with E-state index in [-0.39, 0.29) is 12.1 Å². The van der Waals surface area contributed by atoms with E-state index in [1.807, 2.05) is 6.26 Å². The predicted molar refractivity (Wildman–Crippen MR) is 84.6 cm³/mol. The first-order valence-electron chi connectivity index (χ1n) is 6.86. The molecule has 1 saturated heterocycles. The van der Waals surface area contributed by atoms with Gasteiger partial charge in [-0.05, 0) is 24.5 Å². The van der Waals surface area contributed by atoms with Crippen molar-refractivity contribution >= 4 is 35.7 Å². The number of furan rings is 1. The second kappa shape index (κ2) is 6.67. The maximum absolute atomic E-state index is 12.5. The fourth-order valence-electron chi connectivity index (χ4n) is 2.07. The number of rotatable bonds is 4. The summed E-state index contributed by atoms with van der Waals surface area (Å²) in [5.41, 5.74) is 0.320. The zero-order valence-corrected chi connectivity index (χ0v) is 13.4. The SMILES string of the molecule is CSc1ncc(C=C2C(=O)NC(=O)N(Cc3ccco3)C2=O)cn1. The largest absolute Gasteiger partial charge is 0.467 e. The van der Waals surface area contributed by atoms with Gasteiger partial charge in [-0.1, -0.05) is 11.8 Å². The minimum atomic E-state index is -0.785. The molecular formula is C15H12N4O4S. The number of carbonyl (C=O) groups excluding carboxylic acids is 3. The molecule has 2 aromatic heterocycles. The maximum Gasteiger partial charge on any atom is 0.331 e. The summed E-state index contributed by atoms with van der Waals surface area (Å²) in [6, 6.07) is 2.50. The number of barbiturate groups is 1. The number of amides is 4. The van der Waals surface area contributed by atoms with Crippen molar-refractivity contribution in [1.82, 2.24) is 20.2 Å². The van der Waals surface area contributed by atoms with E-state index in [0.717, 1.165) is 4.90 Å². The standard InChI is InChI=1S/C15H12N4O4S/c1-24-14-16-6-9(7-17-14)5-11-12(20)18-15(22)19(13(11)21)8-10-3-2-4-23-10/h2-7H,8H2,1H3,(H,18,20,22). The van der Waals surface area contributed by atoms with Crippen LogP contribution in [0.4, 0.5) is 4.79 Å². The summed E-state index contributed by atoms with van der Waals surface area (Å²) >= 11 is 1.38. The molecule has 0 aliphatic carbocycles. The molecule has 0 saturated carbocycles. The van der Waals surface area contributed by atoms with Gasteiger partial charge >= 0.3 is 6.03 Å². The van der Waals surface area contributed by atoms with Crippen molar-refractivity contribution in [3.8, 4) is 0 Å². The van der Waals surface area contributed by atoms with Gasteiger partial charge in [-0.3, -0.25) is 19.8 Å². The number of nitrogens with one attached hydrogen (secondary N) is 1. The van der Waals surface area contributed by atoms with Crippen LogP contribution in [0.3, 0.4) is 0 Å². The third-order valence-electron chi connectivity index (χ3n) is 3.22. The molecule has 1 aliphatic rings. The van der Waals surface area contributed by atoms with Gasteiger partial charge in [0.05, 0.1) is 12.8 Å². The number of thioether (sulfide) groups is 1. The van der Waals surface area contributed by atoms with Crippen LogP contribution >= 0.6 is 11.8 Å². The Labute approximate surface area is 140 Å². The zero-order valence-electron chi connectivity index (χ0n) is 12.6. The van der Waals surface area contributed by atoms with Gasteiger partial charge < -0.3 is 4.42 Å². The van der Waals surface area contributed by atoms with Gasteiger partial charge in [0, 0.05) is 18.0 Å². The zero-order chi connectivity index (χ0) is 17.1. The molecular weight excluding hydrogens is 332 g/mol. The van der Waals surface area contributed by atoms with Gasteiger partial charge in [0.15, 0.2) is 5.16 Å². The molecule has 4 amide bonds. The lowest BCUT2D eigenvalue weighted by atomic mass is 10.1. The van der Waals surface area contributed by atoms with Crippen LogP contribution in [-0.4, -0.2) is 39.0 Å². The molecule has 24 heavy (non-hydrogen) atoms. The Hall–Kier alpha value is -2.94. The van der Waals surface area contributed by atoms with Gasteiger partial charge in [0.25, 0.3) is 11.8 Å². The van der Waals surface area contributed by atoms with Crippen molar-refractivity contribution in [2.75, 3.05) is 6.26 Å². The molecule has 3 heterocycles. The molecule has 3 rings (SSSR count). The van der Waals surface area contributed by atoms with E-state index < -0.39 is 17.8 Å². The van der Waals surface area contributed by atoms with Crippen LogP contribution in [0.15, 0.2) is 45.9 Å². The lowest BCUT2D eigenvalue weighted by Gasteiger charge is -2.25. The fourth-order valence-corrected chi connectivity index (χ4v) is 2.38. The van der Waals surface area contributed by atoms with Crippen LogP contribution in [0.2, 0.25) is 0 Å². The summed E-state index contributed by atoms with van der Waals surface area (Å²) in [5, 5.41) is 2.71. The molecule has 0 radical (unpaired) electrons. The number of imide groups is 2. The van der Waals surface area contributed by atoms with Gasteiger partial charge in [-0.15, -0.1) is 0 Å². The van der Waals surface area contributed by atoms with E-state index >= 15 is 0 Å². The second-order valence-corrected chi connectivity index (χ2v) is 5.56. The number of hydrogen-bond donors (Lipinski definition) is 1. The van der Waals surface area contributed by atoms with E-state index in [9.17, 15) is 14.4 Å². The summed E-state index contributed by atoms with van der Waals surface area (Å²) in [7, 11) is 0. The van der Waals surface area contributed by atoms with E-state index in [1.54, 1.807) is 12.1 Å². The molecule has 0 aromatic carbocycles. The lowest BCUT2D eigenvalue weighted by molar-refractivity contribution is -0.130. The predicted octanol–water partition coefficient (Wildman–Crippen LogP) is 1.45. The highest BCUT2D eigenvalue weighted by Gasteiger charge is 2.36. The van der Waals surface area contributed by atoms with Crippen LogP contribution in [0.1, 0.15) is 11.3 Å². The molecule has 1 fully saturated rings. The Morgan fingerprint density at radius 1 is 1.29 bits per heavy atom. The van der Waals surface area contributed by atoms with Gasteiger partial charge in [0.1, 0.15) is 11.3 Å². The molecule has 2 aromatic rings. The Kier molecular flexibility index (Phi) is 4.43. The number of urea groups is 1. The highest BCUT2D eigenvalue weighted by Crippen LogP contribution is 2.17. The van der Waals surface area contributed by atoms with Crippen molar-refractivity contribution < 1.29 is 18.8 Å². The Balaban J connectivity index is 1.88. The molecule has 122 valence electrons. The highest BCUT2D eigenvalue weighted by molar-refractivity contribution is 7.98. The minimum absolute atomic E-state index is 0.0653. The Bertz CT molecular complexity index is 815. The third kappa shape index (κ3) is 3.20. The second-order valence-electron chi connectivity index (χ2n) is 4.79. The summed E-state index contributed by atoms with van der Waals surface area (Å²) < 4.78 is 5.14. The molecule has 8 nitrogen and oxygen atoms in total. The summed E-state index contributed by atoms with van der Waals surface area (Å²) in [4.78, 5) is 45.4. The van der Waals surface area contributed by atoms with Gasteiger partial charge in [0.2, 0.25) is 0 Å². The van der Waals surface area contributed by atoms with E-state index in [4.69, 9.17) is 4.42 Å². The number of nitrogens with zero attached hydrogens (tertiary/aromatic N) is 3. The normalized spacial score (nSPS) is 16.6. The number of hydrogen-bond acceptors (Lipinski definition) is 7. The van der Waals surface area contributed by atoms with E-state index in [1.165, 1.54) is 36.5 Å². The van der Waals surface area contributed by atoms with Crippen molar-refractivity contribution in [2.24, 2.45) is 0 Å². The first kappa shape index (κ1) is 15.9. The highest BCUT2D eigenvalue weighted by atomic mass is 32.2. The molecule has 0 atom stereocenters. The first-order valence-corrected chi connectivity index (χ1v) is 8.08. The van der Waals surface area contributed by atoms with E-state index in [0.29, 0.717) is 16.5 Å². The van der Waals surface area contributed by atoms with Crippen LogP contribution in [0, 0.1) is 0 Å². The molecule has 1 aliphatic heterocycles. The number of carbonyl (C=O) groups is 3. The average molecular weight is 344 g/mol. The first-order chi connectivity index (χ1) is 11.6. The monoisotopic (exact) mass is 344 g/mol. The van der Waals surface area contributed by atoms with Gasteiger partial charge in [-0.25, -0.2) is 14.8 Å². The quantitative estimate of drug-likeness (QED) is 0.387. The van der Waals surface area contributed by atoms with Crippen LogP contribution in [0.25, 0.3) is 6.08 Å². The summed E-state index contributed by atoms with van der Waals surface area (Å²) in [5.74, 6) is -1.02. The number of aromatic nitrogens is 2. The average Bonchev–Trinajstić information content (AvgIpc) is 3.09. The fraction of sp³-hybridized carbons (Fsp3) is 0.133. The molecule has 0 spiro atoms. The third-order valence-corrected chi connectivity index (χ3v) is 3.80. The maximum atomic E-state index is 12.5. The lowest BCUT2D eigenvalue weighted by Crippen LogP contribution is -2.53. The molecule has 1 N–H and O–H groups in total. The summed E-state index contributed by atoms with van der Waals surface area (Å²) in [6.45, 7) is -0.0653. The summed E-state index contributed by atoms with van der Waals surface area (Å²) in [6.07, 6.45) is 7.63. The van der Waals surface area contributed by atoms with Crippen LogP contribution in [0.5, 0.6) is 0 Å². The van der Waals surface area contributed by atoms with E-state index in [2.05, 4.69) is 15.3 Å². The molecule has 0 unspecified atom stereocenters. The molecule has 0 bridgehead atoms. The molecule has 9 heteroatoms. The van der Waals surface area contributed by atoms with Crippen molar-refractivity contribution in [3.63, 3.8) is 0 Å². The minimum Gasteiger partial charge on any atom is -0.467 e. The Morgan fingerprint density at radius 2 is 2.04 bits per heavy atom. The van der Waals surface area contributed by atoms with Crippen LogP contribution in [-0.2, 0) is 16.1 Å². The van der Waals surface area contributed by atoms with Crippen molar-refractivity contribution in [2.45, 2.75) is 11.7 Å². The topological polar surface area (TPSA) is 105 Å². The van der Waals surface area contributed by atoms with Crippen LogP contribution < -0.4 is 5.32 Å². The van der Waals surface area contributed by atoms with Gasteiger partial charge in [-0.2, -0.15) is 0 Å². The smallest absolute Gasteiger partial charge is 0.331 e. The van der Waals surface area contributed by atoms with Crippen molar-refractivity contribution in [3.05, 3.63) is 47.7 Å². The Morgan fingerprint density at radius 3 is 2.67 bits per heavy atom.